The molecule has 2 heterocycles. The number of carbonyl (C=O) groups is 1. The van der Waals surface area contributed by atoms with Gasteiger partial charge in [0.25, 0.3) is 0 Å². The minimum Gasteiger partial charge on any atom is -0.338 e. The van der Waals surface area contributed by atoms with Crippen LogP contribution in [0.1, 0.15) is 23.9 Å². The van der Waals surface area contributed by atoms with Crippen molar-refractivity contribution < 1.29 is 4.79 Å². The fourth-order valence-corrected chi connectivity index (χ4v) is 2.80. The number of hydrogen-bond donors (Lipinski definition) is 3. The lowest BCUT2D eigenvalue weighted by Gasteiger charge is -2.08. The van der Waals surface area contributed by atoms with Gasteiger partial charge in [-0.15, -0.1) is 0 Å². The van der Waals surface area contributed by atoms with Crippen LogP contribution in [0.2, 0.25) is 0 Å². The third kappa shape index (κ3) is 3.24. The van der Waals surface area contributed by atoms with Crippen LogP contribution < -0.4 is 10.6 Å². The number of nitrogens with zero attached hydrogens (tertiary/aromatic N) is 3. The summed E-state index contributed by atoms with van der Waals surface area (Å²) in [4.78, 5) is 12.1. The predicted octanol–water partition coefficient (Wildman–Crippen LogP) is 2.76. The molecule has 3 N–H and O–H groups in total. The molecule has 0 aliphatic heterocycles. The van der Waals surface area contributed by atoms with Crippen molar-refractivity contribution in [3.05, 3.63) is 41.3 Å². The van der Waals surface area contributed by atoms with E-state index in [1.807, 2.05) is 31.5 Å². The number of fused-ring (bicyclic) bond motifs is 1. The molecule has 7 nitrogen and oxygen atoms in total. The fourth-order valence-electron chi connectivity index (χ4n) is 2.80. The molecule has 24 heavy (non-hydrogen) atoms. The average molecular weight is 326 g/mol. The lowest BCUT2D eigenvalue weighted by molar-refractivity contribution is 0.252. The highest BCUT2D eigenvalue weighted by molar-refractivity contribution is 5.90. The summed E-state index contributed by atoms with van der Waals surface area (Å²) >= 11 is 0. The summed E-state index contributed by atoms with van der Waals surface area (Å²) in [6, 6.07) is 5.93. The van der Waals surface area contributed by atoms with Crippen molar-refractivity contribution in [2.45, 2.75) is 33.7 Å². The summed E-state index contributed by atoms with van der Waals surface area (Å²) in [5.41, 5.74) is 4.74. The Morgan fingerprint density at radius 1 is 1.33 bits per heavy atom. The lowest BCUT2D eigenvalue weighted by Crippen LogP contribution is -2.30. The summed E-state index contributed by atoms with van der Waals surface area (Å²) in [7, 11) is 0. The topological polar surface area (TPSA) is 87.6 Å². The van der Waals surface area contributed by atoms with Gasteiger partial charge in [0, 0.05) is 18.5 Å². The van der Waals surface area contributed by atoms with Crippen molar-refractivity contribution in [3.8, 4) is 0 Å². The van der Waals surface area contributed by atoms with E-state index in [0.29, 0.717) is 6.54 Å². The summed E-state index contributed by atoms with van der Waals surface area (Å²) in [6.45, 7) is 7.23. The molecular formula is C17H22N6O. The third-order valence-corrected chi connectivity index (χ3v) is 4.13. The Morgan fingerprint density at radius 2 is 2.17 bits per heavy atom. The second-order valence-corrected chi connectivity index (χ2v) is 5.78. The molecular weight excluding hydrogens is 304 g/mol. The molecule has 7 heteroatoms. The lowest BCUT2D eigenvalue weighted by atomic mass is 10.1. The van der Waals surface area contributed by atoms with E-state index in [2.05, 4.69) is 38.1 Å². The first kappa shape index (κ1) is 16.0. The molecule has 0 saturated carbocycles. The van der Waals surface area contributed by atoms with E-state index in [1.165, 1.54) is 0 Å². The molecule has 3 aromatic rings. The van der Waals surface area contributed by atoms with Crippen LogP contribution >= 0.6 is 0 Å². The van der Waals surface area contributed by atoms with Crippen molar-refractivity contribution in [1.29, 1.82) is 0 Å². The quantitative estimate of drug-likeness (QED) is 0.673. The number of rotatable bonds is 5. The smallest absolute Gasteiger partial charge is 0.319 e. The Labute approximate surface area is 140 Å². The predicted molar refractivity (Wildman–Crippen MR) is 94.2 cm³/mol. The molecule has 0 saturated heterocycles. The standard InChI is InChI=1S/C17H22N6O/c1-4-23-12(3)16(11(2)22-23)20-17(24)18-8-7-13-5-6-14-10-19-21-15(14)9-13/h5-6,9-10H,4,7-8H2,1-3H3,(H,19,21)(H2,18,20,24). The van der Waals surface area contributed by atoms with Gasteiger partial charge >= 0.3 is 6.03 Å². The maximum atomic E-state index is 12.1. The van der Waals surface area contributed by atoms with Crippen molar-refractivity contribution in [2.24, 2.45) is 0 Å². The molecule has 1 aromatic carbocycles. The third-order valence-electron chi connectivity index (χ3n) is 4.13. The molecule has 2 aromatic heterocycles. The summed E-state index contributed by atoms with van der Waals surface area (Å²) in [5.74, 6) is 0. The second-order valence-electron chi connectivity index (χ2n) is 5.78. The Morgan fingerprint density at radius 3 is 2.92 bits per heavy atom. The van der Waals surface area contributed by atoms with E-state index in [1.54, 1.807) is 6.20 Å². The van der Waals surface area contributed by atoms with Gasteiger partial charge in [0.2, 0.25) is 0 Å². The largest absolute Gasteiger partial charge is 0.338 e. The Balaban J connectivity index is 1.55. The number of hydrogen-bond acceptors (Lipinski definition) is 3. The van der Waals surface area contributed by atoms with Crippen LogP contribution in [0.3, 0.4) is 0 Å². The van der Waals surface area contributed by atoms with Crippen LogP contribution in [0.25, 0.3) is 10.9 Å². The maximum Gasteiger partial charge on any atom is 0.319 e. The molecule has 0 radical (unpaired) electrons. The number of aromatic amines is 1. The van der Waals surface area contributed by atoms with Gasteiger partial charge in [-0.3, -0.25) is 9.78 Å². The van der Waals surface area contributed by atoms with Crippen LogP contribution in [0, 0.1) is 13.8 Å². The molecule has 0 fully saturated rings. The number of nitrogens with one attached hydrogen (secondary N) is 3. The molecule has 0 unspecified atom stereocenters. The van der Waals surface area contributed by atoms with Crippen molar-refractivity contribution in [1.82, 2.24) is 25.3 Å². The van der Waals surface area contributed by atoms with Gasteiger partial charge in [0.15, 0.2) is 0 Å². The molecule has 3 rings (SSSR count). The minimum atomic E-state index is -0.209. The highest BCUT2D eigenvalue weighted by Crippen LogP contribution is 2.19. The zero-order valence-corrected chi connectivity index (χ0v) is 14.2. The number of benzene rings is 1. The molecule has 2 amide bonds. The highest BCUT2D eigenvalue weighted by atomic mass is 16.2. The first-order valence-electron chi connectivity index (χ1n) is 8.09. The highest BCUT2D eigenvalue weighted by Gasteiger charge is 2.13. The first-order chi connectivity index (χ1) is 11.6. The monoisotopic (exact) mass is 326 g/mol. The van der Waals surface area contributed by atoms with E-state index in [0.717, 1.165) is 46.5 Å². The van der Waals surface area contributed by atoms with E-state index in [9.17, 15) is 4.79 Å². The van der Waals surface area contributed by atoms with Crippen LogP contribution in [0.4, 0.5) is 10.5 Å². The van der Waals surface area contributed by atoms with Crippen LogP contribution in [-0.4, -0.2) is 32.6 Å². The van der Waals surface area contributed by atoms with E-state index >= 15 is 0 Å². The summed E-state index contributed by atoms with van der Waals surface area (Å²) in [5, 5.41) is 18.2. The maximum absolute atomic E-state index is 12.1. The molecule has 0 bridgehead atoms. The minimum absolute atomic E-state index is 0.209. The summed E-state index contributed by atoms with van der Waals surface area (Å²) in [6.07, 6.45) is 2.56. The molecule has 126 valence electrons. The van der Waals surface area contributed by atoms with Gasteiger partial charge in [-0.2, -0.15) is 10.2 Å². The van der Waals surface area contributed by atoms with Crippen LogP contribution in [0.5, 0.6) is 0 Å². The van der Waals surface area contributed by atoms with Crippen molar-refractivity contribution >= 4 is 22.6 Å². The van der Waals surface area contributed by atoms with Gasteiger partial charge in [0.1, 0.15) is 0 Å². The number of carbonyl (C=O) groups excluding carboxylic acids is 1. The first-order valence-corrected chi connectivity index (χ1v) is 8.09. The number of urea groups is 1. The van der Waals surface area contributed by atoms with Gasteiger partial charge in [-0.1, -0.05) is 12.1 Å². The van der Waals surface area contributed by atoms with Crippen LogP contribution in [-0.2, 0) is 13.0 Å². The molecule has 0 spiro atoms. The van der Waals surface area contributed by atoms with Crippen molar-refractivity contribution in [2.75, 3.05) is 11.9 Å². The number of anilines is 1. The summed E-state index contributed by atoms with van der Waals surface area (Å²) < 4.78 is 1.88. The van der Waals surface area contributed by atoms with Gasteiger partial charge in [0.05, 0.1) is 28.8 Å². The molecule has 0 atom stereocenters. The van der Waals surface area contributed by atoms with E-state index < -0.39 is 0 Å². The number of H-pyrrole nitrogens is 1. The second kappa shape index (κ2) is 6.74. The average Bonchev–Trinajstić information content (AvgIpc) is 3.13. The number of aryl methyl sites for hydroxylation is 2. The molecule has 0 aliphatic rings. The van der Waals surface area contributed by atoms with E-state index in [4.69, 9.17) is 0 Å². The Kier molecular flexibility index (Phi) is 4.50. The zero-order valence-electron chi connectivity index (χ0n) is 14.2. The fraction of sp³-hybridized carbons (Fsp3) is 0.353. The van der Waals surface area contributed by atoms with Gasteiger partial charge in [-0.25, -0.2) is 4.79 Å². The van der Waals surface area contributed by atoms with Gasteiger partial charge in [-0.05, 0) is 38.8 Å². The van der Waals surface area contributed by atoms with E-state index in [-0.39, 0.29) is 6.03 Å². The van der Waals surface area contributed by atoms with Crippen molar-refractivity contribution in [3.63, 3.8) is 0 Å². The number of aromatic nitrogens is 4. The Hall–Kier alpha value is -2.83. The SMILES string of the molecule is CCn1nc(C)c(NC(=O)NCCc2ccc3cn[nH]c3c2)c1C. The Bertz CT molecular complexity index is 863. The van der Waals surface area contributed by atoms with Gasteiger partial charge < -0.3 is 10.6 Å². The molecule has 0 aliphatic carbocycles. The number of amides is 2. The van der Waals surface area contributed by atoms with Crippen LogP contribution in [0.15, 0.2) is 24.4 Å². The zero-order chi connectivity index (χ0) is 17.1. The normalized spacial score (nSPS) is 11.0.